The fraction of sp³-hybridized carbons (Fsp3) is 0.167. The van der Waals surface area contributed by atoms with Gasteiger partial charge in [-0.3, -0.25) is 9.48 Å². The largest absolute Gasteiger partial charge is 0.292 e. The smallest absolute Gasteiger partial charge is 0.187 e. The molecular formula is C12H10ClFN2O. The van der Waals surface area contributed by atoms with Crippen LogP contribution in [0.3, 0.4) is 0 Å². The van der Waals surface area contributed by atoms with Gasteiger partial charge in [-0.05, 0) is 19.1 Å². The number of hydrogen-bond donors (Lipinski definition) is 0. The van der Waals surface area contributed by atoms with Crippen LogP contribution in [0.4, 0.5) is 4.39 Å². The van der Waals surface area contributed by atoms with Crippen molar-refractivity contribution in [1.29, 1.82) is 0 Å². The lowest BCUT2D eigenvalue weighted by Gasteiger charge is -2.04. The number of aromatic nitrogens is 2. The van der Waals surface area contributed by atoms with Gasteiger partial charge in [0.25, 0.3) is 0 Å². The summed E-state index contributed by atoms with van der Waals surface area (Å²) in [6.45, 7) is 1.74. The van der Waals surface area contributed by atoms with E-state index in [4.69, 9.17) is 11.6 Å². The number of benzene rings is 1. The number of halogens is 2. The van der Waals surface area contributed by atoms with Crippen LogP contribution in [-0.4, -0.2) is 15.6 Å². The van der Waals surface area contributed by atoms with Gasteiger partial charge in [-0.15, -0.1) is 0 Å². The molecule has 0 aliphatic heterocycles. The highest BCUT2D eigenvalue weighted by Gasteiger charge is 2.13. The highest BCUT2D eigenvalue weighted by Crippen LogP contribution is 2.14. The normalized spacial score (nSPS) is 10.5. The van der Waals surface area contributed by atoms with Crippen molar-refractivity contribution < 1.29 is 9.18 Å². The minimum Gasteiger partial charge on any atom is -0.292 e. The number of hydrogen-bond acceptors (Lipinski definition) is 2. The van der Waals surface area contributed by atoms with Crippen molar-refractivity contribution in [2.24, 2.45) is 0 Å². The zero-order valence-corrected chi connectivity index (χ0v) is 9.91. The third-order valence-electron chi connectivity index (χ3n) is 2.51. The second-order valence-corrected chi connectivity index (χ2v) is 4.05. The Bertz CT molecular complexity index is 565. The van der Waals surface area contributed by atoms with E-state index in [2.05, 4.69) is 5.10 Å². The average molecular weight is 253 g/mol. The zero-order valence-electron chi connectivity index (χ0n) is 9.15. The van der Waals surface area contributed by atoms with Crippen LogP contribution in [0, 0.1) is 12.7 Å². The molecule has 0 fully saturated rings. The Hall–Kier alpha value is -1.68. The van der Waals surface area contributed by atoms with Crippen LogP contribution < -0.4 is 0 Å². The van der Waals surface area contributed by atoms with Gasteiger partial charge in [-0.1, -0.05) is 23.7 Å². The van der Waals surface area contributed by atoms with Gasteiger partial charge in [0, 0.05) is 0 Å². The summed E-state index contributed by atoms with van der Waals surface area (Å²) in [4.78, 5) is 11.9. The van der Waals surface area contributed by atoms with E-state index in [0.29, 0.717) is 10.7 Å². The minimum absolute atomic E-state index is 0.0144. The molecule has 0 saturated heterocycles. The molecule has 0 atom stereocenters. The summed E-state index contributed by atoms with van der Waals surface area (Å²) in [5.74, 6) is -0.848. The number of rotatable bonds is 3. The van der Waals surface area contributed by atoms with Crippen molar-refractivity contribution >= 4 is 17.4 Å². The van der Waals surface area contributed by atoms with Gasteiger partial charge in [0.05, 0.1) is 22.5 Å². The maximum atomic E-state index is 13.4. The molecule has 88 valence electrons. The van der Waals surface area contributed by atoms with Gasteiger partial charge in [-0.2, -0.15) is 5.10 Å². The first-order valence-electron chi connectivity index (χ1n) is 5.05. The van der Waals surface area contributed by atoms with E-state index in [9.17, 15) is 9.18 Å². The van der Waals surface area contributed by atoms with Crippen molar-refractivity contribution in [2.75, 3.05) is 0 Å². The van der Waals surface area contributed by atoms with Crippen LogP contribution in [0.15, 0.2) is 30.5 Å². The Labute approximate surface area is 103 Å². The monoisotopic (exact) mass is 252 g/mol. The van der Waals surface area contributed by atoms with Crippen molar-refractivity contribution in [3.05, 3.63) is 52.6 Å². The summed E-state index contributed by atoms with van der Waals surface area (Å²) >= 11 is 5.82. The zero-order chi connectivity index (χ0) is 12.4. The molecule has 0 unspecified atom stereocenters. The number of carbonyl (C=O) groups excluding carboxylic acids is 1. The molecule has 0 saturated carbocycles. The SMILES string of the molecule is Cc1c(Cl)cnn1CC(=O)c1ccccc1F. The molecule has 1 heterocycles. The Morgan fingerprint density at radius 2 is 2.18 bits per heavy atom. The van der Waals surface area contributed by atoms with Gasteiger partial charge in [0.15, 0.2) is 5.78 Å². The predicted molar refractivity (Wildman–Crippen MR) is 62.7 cm³/mol. The standard InChI is InChI=1S/C12H10ClFN2O/c1-8-10(13)6-15-16(8)7-12(17)9-4-2-3-5-11(9)14/h2-6H,7H2,1H3. The lowest BCUT2D eigenvalue weighted by Crippen LogP contribution is -2.14. The summed E-state index contributed by atoms with van der Waals surface area (Å²) in [5, 5.41) is 4.44. The average Bonchev–Trinajstić information content (AvgIpc) is 2.61. The maximum absolute atomic E-state index is 13.4. The lowest BCUT2D eigenvalue weighted by atomic mass is 10.1. The van der Waals surface area contributed by atoms with E-state index < -0.39 is 5.82 Å². The van der Waals surface area contributed by atoms with E-state index in [1.807, 2.05) is 0 Å². The first-order chi connectivity index (χ1) is 8.09. The van der Waals surface area contributed by atoms with Crippen molar-refractivity contribution in [2.45, 2.75) is 13.5 Å². The van der Waals surface area contributed by atoms with Crippen molar-refractivity contribution in [1.82, 2.24) is 9.78 Å². The van der Waals surface area contributed by atoms with Crippen LogP contribution in [0.2, 0.25) is 5.02 Å². The second kappa shape index (κ2) is 4.67. The summed E-state index contributed by atoms with van der Waals surface area (Å²) in [6.07, 6.45) is 1.46. The van der Waals surface area contributed by atoms with Crippen molar-refractivity contribution in [3.8, 4) is 0 Å². The third kappa shape index (κ3) is 2.36. The van der Waals surface area contributed by atoms with E-state index >= 15 is 0 Å². The van der Waals surface area contributed by atoms with Crippen LogP contribution in [0.1, 0.15) is 16.1 Å². The second-order valence-electron chi connectivity index (χ2n) is 3.64. The molecule has 3 nitrogen and oxygen atoms in total. The third-order valence-corrected chi connectivity index (χ3v) is 2.88. The van der Waals surface area contributed by atoms with Gasteiger partial charge < -0.3 is 0 Å². The molecule has 1 aromatic carbocycles. The molecular weight excluding hydrogens is 243 g/mol. The highest BCUT2D eigenvalue weighted by atomic mass is 35.5. The molecule has 2 rings (SSSR count). The van der Waals surface area contributed by atoms with Crippen LogP contribution in [-0.2, 0) is 6.54 Å². The summed E-state index contributed by atoms with van der Waals surface area (Å²) < 4.78 is 14.8. The van der Waals surface area contributed by atoms with Gasteiger partial charge in [0.1, 0.15) is 12.4 Å². The molecule has 17 heavy (non-hydrogen) atoms. The summed E-state index contributed by atoms with van der Waals surface area (Å²) in [5.41, 5.74) is 0.759. The van der Waals surface area contributed by atoms with Crippen molar-refractivity contribution in [3.63, 3.8) is 0 Å². The number of ketones is 1. The van der Waals surface area contributed by atoms with E-state index in [0.717, 1.165) is 0 Å². The van der Waals surface area contributed by atoms with E-state index in [-0.39, 0.29) is 17.9 Å². The Balaban J connectivity index is 2.23. The molecule has 2 aromatic rings. The molecule has 0 N–H and O–H groups in total. The molecule has 1 aromatic heterocycles. The summed E-state index contributed by atoms with van der Waals surface area (Å²) in [7, 11) is 0. The topological polar surface area (TPSA) is 34.9 Å². The van der Waals surface area contributed by atoms with Gasteiger partial charge in [0.2, 0.25) is 0 Å². The first kappa shape index (κ1) is 11.8. The van der Waals surface area contributed by atoms with Gasteiger partial charge >= 0.3 is 0 Å². The lowest BCUT2D eigenvalue weighted by molar-refractivity contribution is 0.0963. The first-order valence-corrected chi connectivity index (χ1v) is 5.43. The van der Waals surface area contributed by atoms with Gasteiger partial charge in [-0.25, -0.2) is 4.39 Å². The molecule has 0 spiro atoms. The molecule has 0 aliphatic carbocycles. The molecule has 0 aliphatic rings. The summed E-state index contributed by atoms with van der Waals surface area (Å²) in [6, 6.07) is 5.88. The van der Waals surface area contributed by atoms with Crippen LogP contribution >= 0.6 is 11.6 Å². The number of nitrogens with zero attached hydrogens (tertiary/aromatic N) is 2. The Morgan fingerprint density at radius 3 is 2.76 bits per heavy atom. The van der Waals surface area contributed by atoms with E-state index in [1.54, 1.807) is 19.1 Å². The molecule has 0 radical (unpaired) electrons. The number of Topliss-reactive ketones (excluding diaryl/α,β-unsaturated/α-hetero) is 1. The maximum Gasteiger partial charge on any atom is 0.187 e. The Morgan fingerprint density at radius 1 is 1.47 bits per heavy atom. The quantitative estimate of drug-likeness (QED) is 0.788. The Kier molecular flexibility index (Phi) is 3.24. The fourth-order valence-corrected chi connectivity index (χ4v) is 1.63. The minimum atomic E-state index is -0.520. The molecule has 5 heteroatoms. The predicted octanol–water partition coefficient (Wildman–Crippen LogP) is 2.87. The highest BCUT2D eigenvalue weighted by molar-refractivity contribution is 6.31. The van der Waals surface area contributed by atoms with Crippen LogP contribution in [0.25, 0.3) is 0 Å². The van der Waals surface area contributed by atoms with E-state index in [1.165, 1.54) is 23.0 Å². The molecule has 0 bridgehead atoms. The van der Waals surface area contributed by atoms with Crippen LogP contribution in [0.5, 0.6) is 0 Å². The fourth-order valence-electron chi connectivity index (χ4n) is 1.49. The number of carbonyl (C=O) groups is 1. The molecule has 0 amide bonds.